The maximum Gasteiger partial charge on any atom is 0.222 e. The topological polar surface area (TPSA) is 52.6 Å². The van der Waals surface area contributed by atoms with Gasteiger partial charge in [0.1, 0.15) is 5.75 Å². The second-order valence-corrected chi connectivity index (χ2v) is 5.31. The fraction of sp³-hybridized carbons (Fsp3) is 0.533. The Hall–Kier alpha value is -1.55. The molecule has 2 rings (SSSR count). The normalized spacial score (nSPS) is 17.2. The largest absolute Gasteiger partial charge is 0.508 e. The van der Waals surface area contributed by atoms with Crippen molar-refractivity contribution < 1.29 is 9.90 Å². The molecule has 1 fully saturated rings. The van der Waals surface area contributed by atoms with Crippen molar-refractivity contribution in [2.75, 3.05) is 26.2 Å². The Kier molecular flexibility index (Phi) is 4.80. The molecule has 1 amide bonds. The molecule has 1 saturated heterocycles. The summed E-state index contributed by atoms with van der Waals surface area (Å²) in [5, 5.41) is 12.7. The number of aromatic hydroxyl groups is 1. The quantitative estimate of drug-likeness (QED) is 0.862. The number of nitrogens with zero attached hydrogens (tertiary/aromatic N) is 1. The van der Waals surface area contributed by atoms with Crippen molar-refractivity contribution in [2.45, 2.75) is 19.8 Å². The number of phenols is 1. The van der Waals surface area contributed by atoms with E-state index in [1.165, 1.54) is 0 Å². The van der Waals surface area contributed by atoms with Gasteiger partial charge >= 0.3 is 0 Å². The van der Waals surface area contributed by atoms with Gasteiger partial charge in [0.05, 0.1) is 0 Å². The fourth-order valence-electron chi connectivity index (χ4n) is 2.50. The number of hydrogen-bond acceptors (Lipinski definition) is 3. The van der Waals surface area contributed by atoms with Crippen molar-refractivity contribution in [1.82, 2.24) is 10.2 Å². The zero-order valence-corrected chi connectivity index (χ0v) is 11.4. The molecule has 4 nitrogen and oxygen atoms in total. The van der Waals surface area contributed by atoms with Crippen LogP contribution in [0.2, 0.25) is 0 Å². The van der Waals surface area contributed by atoms with Gasteiger partial charge in [-0.1, -0.05) is 19.1 Å². The van der Waals surface area contributed by atoms with Crippen LogP contribution in [0.5, 0.6) is 5.75 Å². The first-order chi connectivity index (χ1) is 9.15. The molecule has 0 aromatic heterocycles. The Balaban J connectivity index is 1.83. The number of hydrogen-bond donors (Lipinski definition) is 2. The average Bonchev–Trinajstić information content (AvgIpc) is 2.39. The number of phenolic OH excluding ortho intramolecular Hbond substituents is 1. The minimum atomic E-state index is 0.245. The molecule has 2 N–H and O–H groups in total. The van der Waals surface area contributed by atoms with Crippen LogP contribution in [0.15, 0.2) is 24.3 Å². The smallest absolute Gasteiger partial charge is 0.222 e. The summed E-state index contributed by atoms with van der Waals surface area (Å²) < 4.78 is 0. The minimum absolute atomic E-state index is 0.245. The number of piperazine rings is 1. The van der Waals surface area contributed by atoms with Crippen molar-refractivity contribution in [3.05, 3.63) is 29.8 Å². The molecule has 1 heterocycles. The summed E-state index contributed by atoms with van der Waals surface area (Å²) in [6, 6.07) is 7.27. The molecule has 4 heteroatoms. The second kappa shape index (κ2) is 6.57. The average molecular weight is 262 g/mol. The number of carbonyl (C=O) groups excluding carboxylic acids is 1. The van der Waals surface area contributed by atoms with E-state index in [0.29, 0.717) is 12.3 Å². The fourth-order valence-corrected chi connectivity index (χ4v) is 2.50. The molecule has 1 aromatic carbocycles. The minimum Gasteiger partial charge on any atom is -0.508 e. The van der Waals surface area contributed by atoms with Crippen LogP contribution in [-0.2, 0) is 11.2 Å². The summed E-state index contributed by atoms with van der Waals surface area (Å²) in [5.41, 5.74) is 1.08. The molecule has 1 aliphatic rings. The molecule has 1 atom stereocenters. The molecule has 0 saturated carbocycles. The number of carbonyl (C=O) groups is 1. The first-order valence-electron chi connectivity index (χ1n) is 6.91. The monoisotopic (exact) mass is 262 g/mol. The van der Waals surface area contributed by atoms with Crippen LogP contribution in [-0.4, -0.2) is 42.1 Å². The van der Waals surface area contributed by atoms with Crippen molar-refractivity contribution >= 4 is 5.91 Å². The van der Waals surface area contributed by atoms with E-state index in [9.17, 15) is 9.90 Å². The predicted molar refractivity (Wildman–Crippen MR) is 75.0 cm³/mol. The molecule has 0 aliphatic carbocycles. The van der Waals surface area contributed by atoms with Crippen molar-refractivity contribution in [2.24, 2.45) is 5.92 Å². The third-order valence-electron chi connectivity index (χ3n) is 3.49. The van der Waals surface area contributed by atoms with E-state index >= 15 is 0 Å². The highest BCUT2D eigenvalue weighted by molar-refractivity contribution is 5.76. The first kappa shape index (κ1) is 13.9. The van der Waals surface area contributed by atoms with Gasteiger partial charge in [-0.2, -0.15) is 0 Å². The molecule has 19 heavy (non-hydrogen) atoms. The lowest BCUT2D eigenvalue weighted by molar-refractivity contribution is -0.132. The van der Waals surface area contributed by atoms with Crippen LogP contribution in [0.25, 0.3) is 0 Å². The number of amides is 1. The first-order valence-corrected chi connectivity index (χ1v) is 6.91. The van der Waals surface area contributed by atoms with E-state index < -0.39 is 0 Å². The lowest BCUT2D eigenvalue weighted by Crippen LogP contribution is -2.46. The summed E-state index contributed by atoms with van der Waals surface area (Å²) in [6.07, 6.45) is 1.40. The molecule has 1 aliphatic heterocycles. The molecule has 1 unspecified atom stereocenters. The molecule has 104 valence electrons. The highest BCUT2D eigenvalue weighted by atomic mass is 16.3. The highest BCUT2D eigenvalue weighted by Crippen LogP contribution is 2.17. The van der Waals surface area contributed by atoms with Crippen LogP contribution in [0.1, 0.15) is 18.9 Å². The van der Waals surface area contributed by atoms with Crippen LogP contribution in [0.4, 0.5) is 0 Å². The Morgan fingerprint density at radius 3 is 2.84 bits per heavy atom. The van der Waals surface area contributed by atoms with E-state index in [2.05, 4.69) is 12.2 Å². The lowest BCUT2D eigenvalue weighted by Gasteiger charge is -2.28. The van der Waals surface area contributed by atoms with Gasteiger partial charge in [-0.05, 0) is 30.0 Å². The molecule has 0 radical (unpaired) electrons. The van der Waals surface area contributed by atoms with Gasteiger partial charge in [0.15, 0.2) is 0 Å². The summed E-state index contributed by atoms with van der Waals surface area (Å²) in [6.45, 7) is 5.51. The Bertz CT molecular complexity index is 428. The van der Waals surface area contributed by atoms with Crippen molar-refractivity contribution in [3.8, 4) is 5.75 Å². The number of nitrogens with one attached hydrogen (secondary N) is 1. The van der Waals surface area contributed by atoms with Gasteiger partial charge in [0, 0.05) is 32.6 Å². The Morgan fingerprint density at radius 1 is 1.42 bits per heavy atom. The van der Waals surface area contributed by atoms with E-state index in [0.717, 1.165) is 38.2 Å². The highest BCUT2D eigenvalue weighted by Gasteiger charge is 2.18. The summed E-state index contributed by atoms with van der Waals surface area (Å²) in [7, 11) is 0. The SMILES string of the molecule is CC(CC(=O)N1CCNCC1)Cc1cccc(O)c1. The summed E-state index contributed by atoms with van der Waals surface area (Å²) >= 11 is 0. The maximum absolute atomic E-state index is 12.1. The molecular formula is C15H22N2O2. The van der Waals surface area contributed by atoms with Crippen LogP contribution in [0, 0.1) is 5.92 Å². The Labute approximate surface area is 114 Å². The number of rotatable bonds is 4. The van der Waals surface area contributed by atoms with E-state index in [-0.39, 0.29) is 11.7 Å². The molecular weight excluding hydrogens is 240 g/mol. The van der Waals surface area contributed by atoms with Gasteiger partial charge in [-0.3, -0.25) is 4.79 Å². The van der Waals surface area contributed by atoms with E-state index in [1.807, 2.05) is 17.0 Å². The van der Waals surface area contributed by atoms with Gasteiger partial charge < -0.3 is 15.3 Å². The van der Waals surface area contributed by atoms with Crippen LogP contribution < -0.4 is 5.32 Å². The van der Waals surface area contributed by atoms with Gasteiger partial charge in [-0.25, -0.2) is 0 Å². The summed E-state index contributed by atoms with van der Waals surface area (Å²) in [5.74, 6) is 0.830. The predicted octanol–water partition coefficient (Wildman–Crippen LogP) is 1.39. The van der Waals surface area contributed by atoms with Gasteiger partial charge in [-0.15, -0.1) is 0 Å². The molecule has 1 aromatic rings. The third kappa shape index (κ3) is 4.24. The summed E-state index contributed by atoms with van der Waals surface area (Å²) in [4.78, 5) is 14.1. The Morgan fingerprint density at radius 2 is 2.16 bits per heavy atom. The van der Waals surface area contributed by atoms with E-state index in [4.69, 9.17) is 0 Å². The van der Waals surface area contributed by atoms with Crippen LogP contribution in [0.3, 0.4) is 0 Å². The van der Waals surface area contributed by atoms with Gasteiger partial charge in [0.25, 0.3) is 0 Å². The zero-order chi connectivity index (χ0) is 13.7. The van der Waals surface area contributed by atoms with Gasteiger partial charge in [0.2, 0.25) is 5.91 Å². The molecule has 0 bridgehead atoms. The molecule has 0 spiro atoms. The van der Waals surface area contributed by atoms with Crippen LogP contribution >= 0.6 is 0 Å². The standard InChI is InChI=1S/C15H22N2O2/c1-12(9-13-3-2-4-14(18)11-13)10-15(19)17-7-5-16-6-8-17/h2-4,11-12,16,18H,5-10H2,1H3. The van der Waals surface area contributed by atoms with E-state index in [1.54, 1.807) is 12.1 Å². The maximum atomic E-state index is 12.1. The third-order valence-corrected chi connectivity index (χ3v) is 3.49. The zero-order valence-electron chi connectivity index (χ0n) is 11.4. The second-order valence-electron chi connectivity index (χ2n) is 5.31. The van der Waals surface area contributed by atoms with Crippen molar-refractivity contribution in [1.29, 1.82) is 0 Å². The lowest BCUT2D eigenvalue weighted by atomic mass is 9.97. The number of benzene rings is 1. The van der Waals surface area contributed by atoms with Crippen molar-refractivity contribution in [3.63, 3.8) is 0 Å².